The molecule has 2 rings (SSSR count). The van der Waals surface area contributed by atoms with Crippen LogP contribution in [0.25, 0.3) is 0 Å². The highest BCUT2D eigenvalue weighted by molar-refractivity contribution is 4.97. The molecule has 1 aliphatic rings. The van der Waals surface area contributed by atoms with Crippen LogP contribution in [-0.4, -0.2) is 33.7 Å². The van der Waals surface area contributed by atoms with Crippen molar-refractivity contribution in [3.63, 3.8) is 0 Å². The number of hydrogen-bond acceptors (Lipinski definition) is 5. The lowest BCUT2D eigenvalue weighted by atomic mass is 10.0. The molecule has 1 fully saturated rings. The van der Waals surface area contributed by atoms with E-state index in [4.69, 9.17) is 10.3 Å². The SMILES string of the molecule is CC(N)Cc1noc(C2CCCCN2C(C)C)n1. The van der Waals surface area contributed by atoms with Gasteiger partial charge in [-0.15, -0.1) is 0 Å². The van der Waals surface area contributed by atoms with Crippen molar-refractivity contribution in [2.24, 2.45) is 5.73 Å². The Morgan fingerprint density at radius 2 is 2.17 bits per heavy atom. The van der Waals surface area contributed by atoms with Crippen molar-refractivity contribution in [2.75, 3.05) is 6.54 Å². The molecule has 2 heterocycles. The van der Waals surface area contributed by atoms with E-state index < -0.39 is 0 Å². The van der Waals surface area contributed by atoms with E-state index in [9.17, 15) is 0 Å². The molecule has 1 aliphatic heterocycles. The second-order valence-corrected chi connectivity index (χ2v) is 5.57. The van der Waals surface area contributed by atoms with Gasteiger partial charge in [0.15, 0.2) is 5.82 Å². The Balaban J connectivity index is 2.10. The molecule has 0 aliphatic carbocycles. The van der Waals surface area contributed by atoms with E-state index in [1.807, 2.05) is 6.92 Å². The van der Waals surface area contributed by atoms with Gasteiger partial charge in [0.05, 0.1) is 6.04 Å². The molecule has 18 heavy (non-hydrogen) atoms. The molecule has 0 saturated carbocycles. The third-order valence-electron chi connectivity index (χ3n) is 3.48. The van der Waals surface area contributed by atoms with E-state index in [0.29, 0.717) is 12.5 Å². The summed E-state index contributed by atoms with van der Waals surface area (Å²) >= 11 is 0. The molecule has 102 valence electrons. The molecule has 0 amide bonds. The number of aromatic nitrogens is 2. The lowest BCUT2D eigenvalue weighted by molar-refractivity contribution is 0.0875. The molecule has 1 aromatic heterocycles. The Morgan fingerprint density at radius 3 is 2.83 bits per heavy atom. The normalized spacial score (nSPS) is 23.5. The van der Waals surface area contributed by atoms with Crippen LogP contribution in [0.1, 0.15) is 57.8 Å². The van der Waals surface area contributed by atoms with Gasteiger partial charge in [-0.3, -0.25) is 4.90 Å². The number of rotatable bonds is 4. The van der Waals surface area contributed by atoms with Gasteiger partial charge in [-0.2, -0.15) is 4.98 Å². The summed E-state index contributed by atoms with van der Waals surface area (Å²) in [5, 5.41) is 4.03. The lowest BCUT2D eigenvalue weighted by Crippen LogP contribution is -2.38. The Morgan fingerprint density at radius 1 is 1.39 bits per heavy atom. The van der Waals surface area contributed by atoms with E-state index >= 15 is 0 Å². The third kappa shape index (κ3) is 3.09. The Bertz CT molecular complexity index is 375. The quantitative estimate of drug-likeness (QED) is 0.886. The zero-order chi connectivity index (χ0) is 13.1. The summed E-state index contributed by atoms with van der Waals surface area (Å²) < 4.78 is 5.43. The summed E-state index contributed by atoms with van der Waals surface area (Å²) in [5.74, 6) is 1.49. The number of piperidine rings is 1. The van der Waals surface area contributed by atoms with Gasteiger partial charge in [-0.05, 0) is 40.2 Å². The van der Waals surface area contributed by atoms with Crippen molar-refractivity contribution >= 4 is 0 Å². The van der Waals surface area contributed by atoms with Gasteiger partial charge < -0.3 is 10.3 Å². The maximum absolute atomic E-state index is 5.76. The van der Waals surface area contributed by atoms with Crippen molar-refractivity contribution in [2.45, 2.75) is 64.6 Å². The maximum atomic E-state index is 5.76. The largest absolute Gasteiger partial charge is 0.338 e. The fourth-order valence-electron chi connectivity index (χ4n) is 2.61. The Kier molecular flexibility index (Phi) is 4.35. The smallest absolute Gasteiger partial charge is 0.244 e. The van der Waals surface area contributed by atoms with Crippen LogP contribution in [-0.2, 0) is 6.42 Å². The Labute approximate surface area is 109 Å². The van der Waals surface area contributed by atoms with Gasteiger partial charge in [0, 0.05) is 18.5 Å². The molecule has 5 heteroatoms. The third-order valence-corrected chi connectivity index (χ3v) is 3.48. The number of nitrogens with zero attached hydrogens (tertiary/aromatic N) is 3. The molecule has 0 bridgehead atoms. The van der Waals surface area contributed by atoms with E-state index in [2.05, 4.69) is 28.9 Å². The second-order valence-electron chi connectivity index (χ2n) is 5.57. The highest BCUT2D eigenvalue weighted by Gasteiger charge is 2.30. The van der Waals surface area contributed by atoms with Gasteiger partial charge in [0.1, 0.15) is 0 Å². The van der Waals surface area contributed by atoms with Crippen molar-refractivity contribution in [1.82, 2.24) is 15.0 Å². The Hall–Kier alpha value is -0.940. The molecular formula is C13H24N4O. The first-order chi connectivity index (χ1) is 8.58. The average Bonchev–Trinajstić information content (AvgIpc) is 2.76. The topological polar surface area (TPSA) is 68.2 Å². The number of likely N-dealkylation sites (tertiary alicyclic amines) is 1. The van der Waals surface area contributed by atoms with Crippen LogP contribution < -0.4 is 5.73 Å². The predicted molar refractivity (Wildman–Crippen MR) is 70.1 cm³/mol. The fourth-order valence-corrected chi connectivity index (χ4v) is 2.61. The van der Waals surface area contributed by atoms with E-state index in [0.717, 1.165) is 24.7 Å². The first-order valence-electron chi connectivity index (χ1n) is 6.91. The molecule has 0 spiro atoms. The molecule has 2 N–H and O–H groups in total. The average molecular weight is 252 g/mol. The van der Waals surface area contributed by atoms with Crippen molar-refractivity contribution in [3.05, 3.63) is 11.7 Å². The molecule has 1 saturated heterocycles. The summed E-state index contributed by atoms with van der Waals surface area (Å²) in [6, 6.07) is 0.871. The zero-order valence-corrected chi connectivity index (χ0v) is 11.6. The molecule has 0 aromatic carbocycles. The molecule has 2 atom stereocenters. The van der Waals surface area contributed by atoms with Crippen LogP contribution in [0, 0.1) is 0 Å². The van der Waals surface area contributed by atoms with Crippen molar-refractivity contribution < 1.29 is 4.52 Å². The van der Waals surface area contributed by atoms with Gasteiger partial charge in [-0.25, -0.2) is 0 Å². The summed E-state index contributed by atoms with van der Waals surface area (Å²) in [4.78, 5) is 6.96. The van der Waals surface area contributed by atoms with Gasteiger partial charge in [0.25, 0.3) is 0 Å². The zero-order valence-electron chi connectivity index (χ0n) is 11.6. The van der Waals surface area contributed by atoms with Crippen LogP contribution in [0.3, 0.4) is 0 Å². The van der Waals surface area contributed by atoms with E-state index in [1.54, 1.807) is 0 Å². The summed E-state index contributed by atoms with van der Waals surface area (Å²) in [7, 11) is 0. The highest BCUT2D eigenvalue weighted by Crippen LogP contribution is 2.31. The maximum Gasteiger partial charge on any atom is 0.244 e. The van der Waals surface area contributed by atoms with Crippen LogP contribution in [0.5, 0.6) is 0 Å². The fraction of sp³-hybridized carbons (Fsp3) is 0.846. The molecular weight excluding hydrogens is 228 g/mol. The summed E-state index contributed by atoms with van der Waals surface area (Å²) in [5.41, 5.74) is 5.76. The number of hydrogen-bond donors (Lipinski definition) is 1. The van der Waals surface area contributed by atoms with E-state index in [-0.39, 0.29) is 12.1 Å². The molecule has 0 radical (unpaired) electrons. The van der Waals surface area contributed by atoms with Crippen LogP contribution in [0.4, 0.5) is 0 Å². The highest BCUT2D eigenvalue weighted by atomic mass is 16.5. The van der Waals surface area contributed by atoms with Crippen LogP contribution >= 0.6 is 0 Å². The molecule has 1 aromatic rings. The number of nitrogens with two attached hydrogens (primary N) is 1. The summed E-state index contributed by atoms with van der Waals surface area (Å²) in [6.45, 7) is 7.51. The lowest BCUT2D eigenvalue weighted by Gasteiger charge is -2.36. The summed E-state index contributed by atoms with van der Waals surface area (Å²) in [6.07, 6.45) is 4.28. The first kappa shape index (κ1) is 13.5. The van der Waals surface area contributed by atoms with Crippen LogP contribution in [0.15, 0.2) is 4.52 Å². The van der Waals surface area contributed by atoms with Crippen molar-refractivity contribution in [1.29, 1.82) is 0 Å². The monoisotopic (exact) mass is 252 g/mol. The standard InChI is InChI=1S/C13H24N4O/c1-9(2)17-7-5-4-6-11(17)13-15-12(16-18-13)8-10(3)14/h9-11H,4-8,14H2,1-3H3. The van der Waals surface area contributed by atoms with Gasteiger partial charge >= 0.3 is 0 Å². The predicted octanol–water partition coefficient (Wildman–Crippen LogP) is 1.89. The molecule has 5 nitrogen and oxygen atoms in total. The molecule has 2 unspecified atom stereocenters. The van der Waals surface area contributed by atoms with E-state index in [1.165, 1.54) is 12.8 Å². The van der Waals surface area contributed by atoms with Crippen molar-refractivity contribution in [3.8, 4) is 0 Å². The van der Waals surface area contributed by atoms with Gasteiger partial charge in [0.2, 0.25) is 5.89 Å². The minimum atomic E-state index is 0.0722. The minimum absolute atomic E-state index is 0.0722. The second kappa shape index (κ2) is 5.80. The first-order valence-corrected chi connectivity index (χ1v) is 6.91. The van der Waals surface area contributed by atoms with Gasteiger partial charge in [-0.1, -0.05) is 11.6 Å². The van der Waals surface area contributed by atoms with Crippen LogP contribution in [0.2, 0.25) is 0 Å². The minimum Gasteiger partial charge on any atom is -0.338 e.